The second-order valence-electron chi connectivity index (χ2n) is 6.97. The number of rotatable bonds is 6. The van der Waals surface area contributed by atoms with Gasteiger partial charge in [-0.15, -0.1) is 0 Å². The molecule has 3 rings (SSSR count). The molecule has 156 valence electrons. The van der Waals surface area contributed by atoms with Gasteiger partial charge >= 0.3 is 0 Å². The molecule has 3 N–H and O–H groups in total. The maximum absolute atomic E-state index is 13.5. The van der Waals surface area contributed by atoms with Gasteiger partial charge in [0.25, 0.3) is 5.91 Å². The molecule has 2 aromatic rings. The van der Waals surface area contributed by atoms with Crippen LogP contribution in [0.15, 0.2) is 51.8 Å². The second-order valence-corrected chi connectivity index (χ2v) is 10.1. The third-order valence-corrected chi connectivity index (χ3v) is 8.34. The van der Waals surface area contributed by atoms with Crippen molar-refractivity contribution in [1.82, 2.24) is 10.8 Å². The Labute approximate surface area is 178 Å². The van der Waals surface area contributed by atoms with E-state index in [4.69, 9.17) is 4.74 Å². The average Bonchev–Trinajstić information content (AvgIpc) is 2.75. The maximum Gasteiger partial charge on any atom is 0.265 e. The molecule has 1 heterocycles. The van der Waals surface area contributed by atoms with Crippen LogP contribution in [0.3, 0.4) is 0 Å². The largest absolute Gasteiger partial charge is 0.496 e. The molecule has 1 aliphatic heterocycles. The zero-order valence-corrected chi connectivity index (χ0v) is 18.3. The van der Waals surface area contributed by atoms with Crippen LogP contribution < -0.4 is 15.5 Å². The summed E-state index contributed by atoms with van der Waals surface area (Å²) in [5.74, 6) is -0.331. The van der Waals surface area contributed by atoms with E-state index in [1.165, 1.54) is 13.2 Å². The van der Waals surface area contributed by atoms with Crippen molar-refractivity contribution in [1.29, 1.82) is 0 Å². The molecule has 1 saturated heterocycles. The van der Waals surface area contributed by atoms with Gasteiger partial charge in [-0.2, -0.15) is 0 Å². The zero-order chi connectivity index (χ0) is 21.1. The molecule has 0 bridgehead atoms. The van der Waals surface area contributed by atoms with Gasteiger partial charge in [-0.1, -0.05) is 28.1 Å². The molecule has 0 atom stereocenters. The van der Waals surface area contributed by atoms with Gasteiger partial charge in [0.1, 0.15) is 5.75 Å². The average molecular weight is 483 g/mol. The summed E-state index contributed by atoms with van der Waals surface area (Å²) in [7, 11) is -2.53. The summed E-state index contributed by atoms with van der Waals surface area (Å²) in [5, 5.41) is 12.3. The Balaban J connectivity index is 2.05. The fraction of sp³-hybridized carbons (Fsp3) is 0.350. The number of ether oxygens (including phenoxy) is 1. The zero-order valence-electron chi connectivity index (χ0n) is 15.9. The van der Waals surface area contributed by atoms with E-state index in [2.05, 4.69) is 21.2 Å². The summed E-state index contributed by atoms with van der Waals surface area (Å²) in [6.07, 6.45) is 0.631. The molecular weight excluding hydrogens is 460 g/mol. The van der Waals surface area contributed by atoms with E-state index in [0.29, 0.717) is 30.8 Å². The smallest absolute Gasteiger partial charge is 0.265 e. The Bertz CT molecular complexity index is 986. The number of nitrogens with one attached hydrogen (secondary N) is 2. The van der Waals surface area contributed by atoms with E-state index in [1.54, 1.807) is 17.6 Å². The van der Waals surface area contributed by atoms with Crippen molar-refractivity contribution >= 4 is 31.7 Å². The molecule has 9 heteroatoms. The van der Waals surface area contributed by atoms with Gasteiger partial charge in [-0.3, -0.25) is 10.0 Å². The Morgan fingerprint density at radius 3 is 2.45 bits per heavy atom. The van der Waals surface area contributed by atoms with Crippen molar-refractivity contribution in [3.05, 3.63) is 58.1 Å². The topological polar surface area (TPSA) is 105 Å². The SMILES string of the molecule is COc1ccc(S(=O)(=O)C2(C(=O)NO)CCNCC2)cc1Cc1ccc(Br)cc1. The first-order valence-corrected chi connectivity index (χ1v) is 11.4. The Morgan fingerprint density at radius 1 is 1.21 bits per heavy atom. The highest BCUT2D eigenvalue weighted by Gasteiger charge is 2.51. The minimum Gasteiger partial charge on any atom is -0.496 e. The van der Waals surface area contributed by atoms with Gasteiger partial charge in [0.2, 0.25) is 0 Å². The molecule has 29 heavy (non-hydrogen) atoms. The number of methoxy groups -OCH3 is 1. The Morgan fingerprint density at radius 2 is 1.86 bits per heavy atom. The lowest BCUT2D eigenvalue weighted by Gasteiger charge is -2.34. The summed E-state index contributed by atoms with van der Waals surface area (Å²) >= 11 is 3.40. The fourth-order valence-electron chi connectivity index (χ4n) is 3.66. The third kappa shape index (κ3) is 4.18. The molecular formula is C20H23BrN2O5S. The molecule has 0 spiro atoms. The molecule has 0 unspecified atom stereocenters. The minimum absolute atomic E-state index is 0.0379. The number of hydrogen-bond acceptors (Lipinski definition) is 6. The number of halogens is 1. The van der Waals surface area contributed by atoms with Crippen molar-refractivity contribution in [2.75, 3.05) is 20.2 Å². The predicted molar refractivity (Wildman–Crippen MR) is 112 cm³/mol. The van der Waals surface area contributed by atoms with E-state index in [9.17, 15) is 18.4 Å². The predicted octanol–water partition coefficient (Wildman–Crippen LogP) is 2.45. The van der Waals surface area contributed by atoms with Crippen molar-refractivity contribution in [3.8, 4) is 5.75 Å². The summed E-state index contributed by atoms with van der Waals surface area (Å²) in [5.41, 5.74) is 3.25. The van der Waals surface area contributed by atoms with Crippen molar-refractivity contribution < 1.29 is 23.2 Å². The number of amides is 1. The third-order valence-electron chi connectivity index (χ3n) is 5.31. The first-order valence-electron chi connectivity index (χ1n) is 9.15. The van der Waals surface area contributed by atoms with E-state index in [0.717, 1.165) is 10.0 Å². The number of carbonyl (C=O) groups excluding carboxylic acids is 1. The standard InChI is InChI=1S/C20H23BrN2O5S/c1-28-18-7-6-17(13-15(18)12-14-2-4-16(21)5-3-14)29(26,27)20(19(24)23-25)8-10-22-11-9-20/h2-7,13,22,25H,8-12H2,1H3,(H,23,24). The van der Waals surface area contributed by atoms with Crippen molar-refractivity contribution in [2.24, 2.45) is 0 Å². The molecule has 1 fully saturated rings. The lowest BCUT2D eigenvalue weighted by molar-refractivity contribution is -0.132. The van der Waals surface area contributed by atoms with Crippen LogP contribution in [0, 0.1) is 0 Å². The highest BCUT2D eigenvalue weighted by Crippen LogP contribution is 2.36. The minimum atomic E-state index is -4.06. The molecule has 7 nitrogen and oxygen atoms in total. The molecule has 2 aromatic carbocycles. The second kappa shape index (κ2) is 8.83. The summed E-state index contributed by atoms with van der Waals surface area (Å²) in [4.78, 5) is 12.5. The van der Waals surface area contributed by atoms with E-state index >= 15 is 0 Å². The Hall–Kier alpha value is -1.94. The highest BCUT2D eigenvalue weighted by atomic mass is 79.9. The van der Waals surface area contributed by atoms with Crippen LogP contribution in [0.2, 0.25) is 0 Å². The summed E-state index contributed by atoms with van der Waals surface area (Å²) < 4.78 is 31.7. The first kappa shape index (κ1) is 21.8. The van der Waals surface area contributed by atoms with Crippen LogP contribution in [-0.4, -0.2) is 44.5 Å². The number of sulfone groups is 1. The van der Waals surface area contributed by atoms with E-state index in [-0.39, 0.29) is 17.7 Å². The summed E-state index contributed by atoms with van der Waals surface area (Å²) in [6, 6.07) is 12.3. The quantitative estimate of drug-likeness (QED) is 0.431. The van der Waals surface area contributed by atoms with Crippen LogP contribution in [0.25, 0.3) is 0 Å². The molecule has 0 aromatic heterocycles. The van der Waals surface area contributed by atoms with E-state index < -0.39 is 20.5 Å². The molecule has 0 saturated carbocycles. The monoisotopic (exact) mass is 482 g/mol. The number of hydrogen-bond donors (Lipinski definition) is 3. The van der Waals surface area contributed by atoms with Crippen LogP contribution in [0.4, 0.5) is 0 Å². The molecule has 0 aliphatic carbocycles. The number of piperidine rings is 1. The molecule has 1 amide bonds. The maximum atomic E-state index is 13.5. The van der Waals surface area contributed by atoms with Gasteiger partial charge < -0.3 is 10.1 Å². The van der Waals surface area contributed by atoms with Gasteiger partial charge in [-0.25, -0.2) is 13.9 Å². The number of carbonyl (C=O) groups is 1. The lowest BCUT2D eigenvalue weighted by Crippen LogP contribution is -2.57. The van der Waals surface area contributed by atoms with Crippen molar-refractivity contribution in [3.63, 3.8) is 0 Å². The van der Waals surface area contributed by atoms with Crippen LogP contribution in [0.1, 0.15) is 24.0 Å². The van der Waals surface area contributed by atoms with Gasteiger partial charge in [0.15, 0.2) is 14.6 Å². The lowest BCUT2D eigenvalue weighted by atomic mass is 9.96. The number of hydroxylamine groups is 1. The van der Waals surface area contributed by atoms with Gasteiger partial charge in [-0.05, 0) is 67.4 Å². The Kier molecular flexibility index (Phi) is 6.62. The van der Waals surface area contributed by atoms with E-state index in [1.807, 2.05) is 24.3 Å². The van der Waals surface area contributed by atoms with Gasteiger partial charge in [0.05, 0.1) is 12.0 Å². The normalized spacial score (nSPS) is 16.2. The van der Waals surface area contributed by atoms with Crippen LogP contribution >= 0.6 is 15.9 Å². The molecule has 0 radical (unpaired) electrons. The number of benzene rings is 2. The van der Waals surface area contributed by atoms with Crippen LogP contribution in [0.5, 0.6) is 5.75 Å². The highest BCUT2D eigenvalue weighted by molar-refractivity contribution is 9.10. The molecule has 1 aliphatic rings. The first-order chi connectivity index (χ1) is 13.8. The van der Waals surface area contributed by atoms with Gasteiger partial charge in [0, 0.05) is 10.9 Å². The van der Waals surface area contributed by atoms with Crippen LogP contribution in [-0.2, 0) is 21.1 Å². The van der Waals surface area contributed by atoms with Crippen molar-refractivity contribution in [2.45, 2.75) is 28.9 Å². The fourth-order valence-corrected chi connectivity index (χ4v) is 5.95. The summed E-state index contributed by atoms with van der Waals surface area (Å²) in [6.45, 7) is 0.739.